The molecular weight excluding hydrogens is 271 g/mol. The zero-order valence-corrected chi connectivity index (χ0v) is 10.00. The highest BCUT2D eigenvalue weighted by Gasteiger charge is 2.11. The lowest BCUT2D eigenvalue weighted by atomic mass is 10.2. The number of nitro benzene ring substituents is 1. The Balaban J connectivity index is 2.10. The molecule has 2 rings (SSSR count). The number of carbonyl (C=O) groups is 1. The molecule has 104 valence electrons. The molecule has 0 bridgehead atoms. The van der Waals surface area contributed by atoms with E-state index in [0.29, 0.717) is 5.76 Å². The van der Waals surface area contributed by atoms with E-state index in [2.05, 4.69) is 5.32 Å². The molecule has 0 aliphatic heterocycles. The molecule has 0 radical (unpaired) electrons. The van der Waals surface area contributed by atoms with Gasteiger partial charge in [0, 0.05) is 11.8 Å². The summed E-state index contributed by atoms with van der Waals surface area (Å²) in [5, 5.41) is 22.0. The summed E-state index contributed by atoms with van der Waals surface area (Å²) < 4.78 is 18.2. The molecular formula is C12H9FN2O5. The van der Waals surface area contributed by atoms with Crippen LogP contribution in [-0.4, -0.2) is 16.0 Å². The third kappa shape index (κ3) is 3.10. The second kappa shape index (κ2) is 5.39. The minimum Gasteiger partial charge on any atom is -0.475 e. The number of non-ortho nitro benzene ring substituents is 1. The molecule has 0 amide bonds. The van der Waals surface area contributed by atoms with E-state index in [1.165, 1.54) is 18.2 Å². The second-order valence-electron chi connectivity index (χ2n) is 3.88. The highest BCUT2D eigenvalue weighted by atomic mass is 19.1. The third-order valence-electron chi connectivity index (χ3n) is 2.43. The molecule has 2 N–H and O–H groups in total. The third-order valence-corrected chi connectivity index (χ3v) is 2.43. The fourth-order valence-electron chi connectivity index (χ4n) is 1.56. The lowest BCUT2D eigenvalue weighted by Crippen LogP contribution is -2.00. The van der Waals surface area contributed by atoms with Crippen molar-refractivity contribution in [2.75, 3.05) is 5.32 Å². The number of furan rings is 1. The molecule has 1 aromatic heterocycles. The topological polar surface area (TPSA) is 106 Å². The summed E-state index contributed by atoms with van der Waals surface area (Å²) in [7, 11) is 0. The van der Waals surface area contributed by atoms with Gasteiger partial charge >= 0.3 is 5.97 Å². The fraction of sp³-hybridized carbons (Fsp3) is 0.0833. The maximum absolute atomic E-state index is 13.2. The SMILES string of the molecule is O=C(O)c1ccc(CNc2cc(F)cc([N+](=O)[O-])c2)o1. The minimum atomic E-state index is -1.20. The maximum atomic E-state index is 13.2. The first-order chi connectivity index (χ1) is 9.45. The fourth-order valence-corrected chi connectivity index (χ4v) is 1.56. The van der Waals surface area contributed by atoms with Crippen molar-refractivity contribution in [2.45, 2.75) is 6.54 Å². The van der Waals surface area contributed by atoms with Crippen LogP contribution >= 0.6 is 0 Å². The zero-order valence-electron chi connectivity index (χ0n) is 10.00. The van der Waals surface area contributed by atoms with E-state index in [-0.39, 0.29) is 23.7 Å². The van der Waals surface area contributed by atoms with Gasteiger partial charge in [0.1, 0.15) is 11.6 Å². The van der Waals surface area contributed by atoms with Crippen LogP contribution in [0.2, 0.25) is 0 Å². The summed E-state index contributed by atoms with van der Waals surface area (Å²) in [5.41, 5.74) is -0.178. The van der Waals surface area contributed by atoms with Crippen molar-refractivity contribution in [2.24, 2.45) is 0 Å². The molecule has 0 aliphatic rings. The van der Waals surface area contributed by atoms with Gasteiger partial charge in [0.15, 0.2) is 0 Å². The van der Waals surface area contributed by atoms with Gasteiger partial charge in [0.05, 0.1) is 17.5 Å². The van der Waals surface area contributed by atoms with Crippen LogP contribution in [0.1, 0.15) is 16.3 Å². The van der Waals surface area contributed by atoms with Crippen molar-refractivity contribution in [1.29, 1.82) is 0 Å². The van der Waals surface area contributed by atoms with Gasteiger partial charge in [-0.05, 0) is 18.2 Å². The lowest BCUT2D eigenvalue weighted by Gasteiger charge is -2.04. The van der Waals surface area contributed by atoms with Gasteiger partial charge in [0.2, 0.25) is 5.76 Å². The molecule has 0 fully saturated rings. The highest BCUT2D eigenvalue weighted by Crippen LogP contribution is 2.20. The number of halogens is 1. The van der Waals surface area contributed by atoms with E-state index in [4.69, 9.17) is 9.52 Å². The van der Waals surface area contributed by atoms with Crippen LogP contribution in [0.5, 0.6) is 0 Å². The molecule has 8 heteroatoms. The van der Waals surface area contributed by atoms with Crippen LogP contribution in [0, 0.1) is 15.9 Å². The number of benzene rings is 1. The minimum absolute atomic E-state index is 0.0773. The van der Waals surface area contributed by atoms with Gasteiger partial charge in [-0.2, -0.15) is 0 Å². The first kappa shape index (κ1) is 13.5. The average molecular weight is 280 g/mol. The number of nitrogens with one attached hydrogen (secondary N) is 1. The number of rotatable bonds is 5. The summed E-state index contributed by atoms with van der Waals surface area (Å²) in [6.07, 6.45) is 0. The quantitative estimate of drug-likeness (QED) is 0.644. The molecule has 0 spiro atoms. The summed E-state index contributed by atoms with van der Waals surface area (Å²) in [5.74, 6) is -1.84. The van der Waals surface area contributed by atoms with Gasteiger partial charge in [-0.1, -0.05) is 0 Å². The van der Waals surface area contributed by atoms with Crippen molar-refractivity contribution in [3.05, 3.63) is 57.8 Å². The molecule has 2 aromatic rings. The molecule has 1 aromatic carbocycles. The monoisotopic (exact) mass is 280 g/mol. The Morgan fingerprint density at radius 1 is 1.40 bits per heavy atom. The number of hydrogen-bond acceptors (Lipinski definition) is 5. The first-order valence-electron chi connectivity index (χ1n) is 5.46. The van der Waals surface area contributed by atoms with Crippen LogP contribution in [0.4, 0.5) is 15.8 Å². The van der Waals surface area contributed by atoms with E-state index in [9.17, 15) is 19.3 Å². The Kier molecular flexibility index (Phi) is 3.65. The van der Waals surface area contributed by atoms with Gasteiger partial charge in [-0.3, -0.25) is 10.1 Å². The predicted molar refractivity (Wildman–Crippen MR) is 66.0 cm³/mol. The van der Waals surface area contributed by atoms with Crippen molar-refractivity contribution in [3.8, 4) is 0 Å². The highest BCUT2D eigenvalue weighted by molar-refractivity contribution is 5.84. The Morgan fingerprint density at radius 3 is 2.75 bits per heavy atom. The van der Waals surface area contributed by atoms with E-state index >= 15 is 0 Å². The van der Waals surface area contributed by atoms with Crippen LogP contribution < -0.4 is 5.32 Å². The first-order valence-corrected chi connectivity index (χ1v) is 5.46. The number of anilines is 1. The molecule has 0 aliphatic carbocycles. The Hall–Kier alpha value is -2.90. The molecule has 20 heavy (non-hydrogen) atoms. The zero-order chi connectivity index (χ0) is 14.7. The van der Waals surface area contributed by atoms with Gasteiger partial charge in [0.25, 0.3) is 5.69 Å². The number of nitro groups is 1. The Bertz CT molecular complexity index is 668. The van der Waals surface area contributed by atoms with E-state index in [1.807, 2.05) is 0 Å². The molecule has 0 unspecified atom stereocenters. The normalized spacial score (nSPS) is 10.2. The summed E-state index contributed by atoms with van der Waals surface area (Å²) in [6, 6.07) is 5.80. The average Bonchev–Trinajstić information content (AvgIpc) is 2.84. The number of hydrogen-bond donors (Lipinski definition) is 2. The summed E-state index contributed by atoms with van der Waals surface area (Å²) in [6.45, 7) is 0.0773. The van der Waals surface area contributed by atoms with Gasteiger partial charge < -0.3 is 14.8 Å². The predicted octanol–water partition coefficient (Wildman–Crippen LogP) is 2.64. The van der Waals surface area contributed by atoms with Gasteiger partial charge in [-0.15, -0.1) is 0 Å². The molecule has 0 saturated carbocycles. The standard InChI is InChI=1S/C12H9FN2O5/c13-7-3-8(5-9(4-7)15(18)19)14-6-10-1-2-11(20-10)12(16)17/h1-5,14H,6H2,(H,16,17). The number of aromatic carboxylic acids is 1. The number of nitrogens with zero attached hydrogens (tertiary/aromatic N) is 1. The van der Waals surface area contributed by atoms with Crippen LogP contribution in [0.15, 0.2) is 34.7 Å². The van der Waals surface area contributed by atoms with Crippen molar-refractivity contribution < 1.29 is 23.6 Å². The smallest absolute Gasteiger partial charge is 0.371 e. The van der Waals surface area contributed by atoms with Crippen molar-refractivity contribution >= 4 is 17.3 Å². The van der Waals surface area contributed by atoms with Crippen LogP contribution in [-0.2, 0) is 6.54 Å². The van der Waals surface area contributed by atoms with Crippen LogP contribution in [0.25, 0.3) is 0 Å². The van der Waals surface area contributed by atoms with Crippen molar-refractivity contribution in [1.82, 2.24) is 0 Å². The summed E-state index contributed by atoms with van der Waals surface area (Å²) in [4.78, 5) is 20.5. The Labute approximate surface area is 111 Å². The largest absolute Gasteiger partial charge is 0.475 e. The van der Waals surface area contributed by atoms with Crippen molar-refractivity contribution in [3.63, 3.8) is 0 Å². The van der Waals surface area contributed by atoms with E-state index < -0.39 is 16.7 Å². The molecule has 0 saturated heterocycles. The number of carboxylic acids is 1. The lowest BCUT2D eigenvalue weighted by molar-refractivity contribution is -0.385. The molecule has 0 atom stereocenters. The van der Waals surface area contributed by atoms with E-state index in [0.717, 1.165) is 12.1 Å². The maximum Gasteiger partial charge on any atom is 0.371 e. The van der Waals surface area contributed by atoms with Gasteiger partial charge in [-0.25, -0.2) is 9.18 Å². The van der Waals surface area contributed by atoms with E-state index in [1.54, 1.807) is 0 Å². The summed E-state index contributed by atoms with van der Waals surface area (Å²) >= 11 is 0. The second-order valence-corrected chi connectivity index (χ2v) is 3.88. The van der Waals surface area contributed by atoms with Crippen LogP contribution in [0.3, 0.4) is 0 Å². The Morgan fingerprint density at radius 2 is 2.15 bits per heavy atom. The number of carboxylic acid groups (broad SMARTS) is 1. The molecule has 7 nitrogen and oxygen atoms in total. The molecule has 1 heterocycles.